The lowest BCUT2D eigenvalue weighted by Gasteiger charge is -2.17. The fourth-order valence-corrected chi connectivity index (χ4v) is 1.87. The first-order valence-corrected chi connectivity index (χ1v) is 5.94. The third kappa shape index (κ3) is 3.67. The lowest BCUT2D eigenvalue weighted by Crippen LogP contribution is -2.19. The van der Waals surface area contributed by atoms with Crippen molar-refractivity contribution in [3.05, 3.63) is 34.9 Å². The molecule has 0 radical (unpaired) electrons. The van der Waals surface area contributed by atoms with Crippen molar-refractivity contribution in [1.82, 2.24) is 4.90 Å². The molecule has 0 fully saturated rings. The minimum Gasteiger partial charge on any atom is -0.302 e. The number of hydrogen-bond donors (Lipinski definition) is 0. The van der Waals surface area contributed by atoms with Crippen molar-refractivity contribution < 1.29 is 0 Å². The second-order valence-electron chi connectivity index (χ2n) is 4.35. The first-order chi connectivity index (χ1) is 7.17. The Balaban J connectivity index is 2.74. The van der Waals surface area contributed by atoms with Crippen LogP contribution in [-0.4, -0.2) is 18.5 Å². The Morgan fingerprint density at radius 2 is 1.93 bits per heavy atom. The molecule has 0 aliphatic carbocycles. The number of hydrogen-bond acceptors (Lipinski definition) is 1. The normalized spacial score (nSPS) is 11.0. The number of nitrogens with zero attached hydrogens (tertiary/aromatic N) is 1. The Labute approximate surface area is 94.1 Å². The number of rotatable bonds is 5. The molecule has 1 rings (SSSR count). The average Bonchev–Trinajstić information content (AvgIpc) is 2.21. The van der Waals surface area contributed by atoms with Crippen LogP contribution in [0, 0.1) is 6.92 Å². The van der Waals surface area contributed by atoms with Crippen LogP contribution in [0.15, 0.2) is 18.2 Å². The van der Waals surface area contributed by atoms with E-state index in [1.807, 2.05) is 0 Å². The van der Waals surface area contributed by atoms with Gasteiger partial charge in [-0.3, -0.25) is 0 Å². The van der Waals surface area contributed by atoms with Gasteiger partial charge in [0.2, 0.25) is 0 Å². The van der Waals surface area contributed by atoms with Gasteiger partial charge in [-0.05, 0) is 50.0 Å². The molecular formula is C14H23N. The van der Waals surface area contributed by atoms with Crippen molar-refractivity contribution in [3.8, 4) is 0 Å². The van der Waals surface area contributed by atoms with Gasteiger partial charge < -0.3 is 4.90 Å². The van der Waals surface area contributed by atoms with Crippen LogP contribution >= 0.6 is 0 Å². The van der Waals surface area contributed by atoms with Crippen molar-refractivity contribution >= 4 is 0 Å². The van der Waals surface area contributed by atoms with Crippen molar-refractivity contribution in [2.24, 2.45) is 0 Å². The number of benzene rings is 1. The van der Waals surface area contributed by atoms with Crippen molar-refractivity contribution in [2.45, 2.75) is 40.2 Å². The van der Waals surface area contributed by atoms with Gasteiger partial charge in [0.1, 0.15) is 0 Å². The van der Waals surface area contributed by atoms with Crippen LogP contribution in [0.3, 0.4) is 0 Å². The van der Waals surface area contributed by atoms with E-state index in [0.717, 1.165) is 13.0 Å². The molecule has 0 aliphatic rings. The highest BCUT2D eigenvalue weighted by molar-refractivity contribution is 5.31. The zero-order valence-electron chi connectivity index (χ0n) is 10.5. The van der Waals surface area contributed by atoms with E-state index in [2.05, 4.69) is 50.9 Å². The van der Waals surface area contributed by atoms with E-state index >= 15 is 0 Å². The van der Waals surface area contributed by atoms with Crippen molar-refractivity contribution in [2.75, 3.05) is 13.6 Å². The van der Waals surface area contributed by atoms with Crippen molar-refractivity contribution in [3.63, 3.8) is 0 Å². The monoisotopic (exact) mass is 205 g/mol. The molecular weight excluding hydrogens is 182 g/mol. The maximum absolute atomic E-state index is 2.39. The number of aryl methyl sites for hydroxylation is 2. The van der Waals surface area contributed by atoms with Gasteiger partial charge in [0.25, 0.3) is 0 Å². The molecule has 84 valence electrons. The average molecular weight is 205 g/mol. The van der Waals surface area contributed by atoms with Crippen LogP contribution in [0.5, 0.6) is 0 Å². The second kappa shape index (κ2) is 5.92. The molecule has 0 N–H and O–H groups in total. The van der Waals surface area contributed by atoms with E-state index in [1.165, 1.54) is 29.7 Å². The molecule has 0 unspecified atom stereocenters. The summed E-state index contributed by atoms with van der Waals surface area (Å²) in [6, 6.07) is 6.83. The van der Waals surface area contributed by atoms with Gasteiger partial charge in [0.15, 0.2) is 0 Å². The van der Waals surface area contributed by atoms with Crippen LogP contribution in [0.2, 0.25) is 0 Å². The summed E-state index contributed by atoms with van der Waals surface area (Å²) < 4.78 is 0. The molecule has 0 amide bonds. The van der Waals surface area contributed by atoms with E-state index in [-0.39, 0.29) is 0 Å². The zero-order chi connectivity index (χ0) is 11.3. The molecule has 15 heavy (non-hydrogen) atoms. The smallest absolute Gasteiger partial charge is 0.0233 e. The Hall–Kier alpha value is -0.820. The molecule has 0 aliphatic heterocycles. The van der Waals surface area contributed by atoms with E-state index in [0.29, 0.717) is 0 Å². The summed E-state index contributed by atoms with van der Waals surface area (Å²) in [4.78, 5) is 2.39. The predicted molar refractivity (Wildman–Crippen MR) is 67.2 cm³/mol. The molecule has 0 spiro atoms. The van der Waals surface area contributed by atoms with Gasteiger partial charge in [0, 0.05) is 6.54 Å². The molecule has 1 nitrogen and oxygen atoms in total. The van der Waals surface area contributed by atoms with Gasteiger partial charge in [-0.2, -0.15) is 0 Å². The molecule has 1 aromatic rings. The summed E-state index contributed by atoms with van der Waals surface area (Å²) in [5, 5.41) is 0. The SMILES string of the molecule is CCCN(C)Cc1cc(CC)ccc1C. The highest BCUT2D eigenvalue weighted by Gasteiger charge is 2.03. The Morgan fingerprint density at radius 3 is 2.53 bits per heavy atom. The lowest BCUT2D eigenvalue weighted by atomic mass is 10.0. The Kier molecular flexibility index (Phi) is 4.83. The quantitative estimate of drug-likeness (QED) is 0.712. The summed E-state index contributed by atoms with van der Waals surface area (Å²) >= 11 is 0. The summed E-state index contributed by atoms with van der Waals surface area (Å²) in [7, 11) is 2.20. The Bertz CT molecular complexity index is 304. The predicted octanol–water partition coefficient (Wildman–Crippen LogP) is 3.40. The summed E-state index contributed by atoms with van der Waals surface area (Å²) in [6.45, 7) is 8.90. The highest BCUT2D eigenvalue weighted by atomic mass is 15.1. The summed E-state index contributed by atoms with van der Waals surface area (Å²) in [5.74, 6) is 0. The maximum atomic E-state index is 2.39. The lowest BCUT2D eigenvalue weighted by molar-refractivity contribution is 0.327. The highest BCUT2D eigenvalue weighted by Crippen LogP contribution is 2.13. The fourth-order valence-electron chi connectivity index (χ4n) is 1.87. The van der Waals surface area contributed by atoms with Gasteiger partial charge >= 0.3 is 0 Å². The molecule has 1 aromatic carbocycles. The van der Waals surface area contributed by atoms with Gasteiger partial charge in [0.05, 0.1) is 0 Å². The topological polar surface area (TPSA) is 3.24 Å². The molecule has 0 saturated heterocycles. The largest absolute Gasteiger partial charge is 0.302 e. The van der Waals surface area contributed by atoms with E-state index in [4.69, 9.17) is 0 Å². The standard InChI is InChI=1S/C14H23N/c1-5-9-15(4)11-14-10-13(6-2)8-7-12(14)3/h7-8,10H,5-6,9,11H2,1-4H3. The third-order valence-corrected chi connectivity index (χ3v) is 2.87. The fraction of sp³-hybridized carbons (Fsp3) is 0.571. The molecule has 0 saturated carbocycles. The van der Waals surface area contributed by atoms with Crippen LogP contribution in [0.25, 0.3) is 0 Å². The Morgan fingerprint density at radius 1 is 1.20 bits per heavy atom. The van der Waals surface area contributed by atoms with E-state index in [9.17, 15) is 0 Å². The van der Waals surface area contributed by atoms with E-state index < -0.39 is 0 Å². The first kappa shape index (κ1) is 12.3. The molecule has 0 atom stereocenters. The van der Waals surface area contributed by atoms with Crippen LogP contribution in [-0.2, 0) is 13.0 Å². The second-order valence-corrected chi connectivity index (χ2v) is 4.35. The zero-order valence-corrected chi connectivity index (χ0v) is 10.5. The van der Waals surface area contributed by atoms with Crippen molar-refractivity contribution in [1.29, 1.82) is 0 Å². The van der Waals surface area contributed by atoms with Gasteiger partial charge in [-0.1, -0.05) is 32.0 Å². The summed E-state index contributed by atoms with van der Waals surface area (Å²) in [6.07, 6.45) is 2.35. The third-order valence-electron chi connectivity index (χ3n) is 2.87. The minimum absolute atomic E-state index is 1.08. The van der Waals surface area contributed by atoms with Crippen LogP contribution in [0.4, 0.5) is 0 Å². The molecule has 1 heteroatoms. The van der Waals surface area contributed by atoms with Crippen LogP contribution in [0.1, 0.15) is 37.0 Å². The van der Waals surface area contributed by atoms with Gasteiger partial charge in [-0.25, -0.2) is 0 Å². The maximum Gasteiger partial charge on any atom is 0.0233 e. The molecule has 0 heterocycles. The minimum atomic E-state index is 1.08. The molecule has 0 bridgehead atoms. The summed E-state index contributed by atoms with van der Waals surface area (Å²) in [5.41, 5.74) is 4.33. The van der Waals surface area contributed by atoms with Crippen LogP contribution < -0.4 is 0 Å². The first-order valence-electron chi connectivity index (χ1n) is 5.94. The van der Waals surface area contributed by atoms with E-state index in [1.54, 1.807) is 0 Å². The van der Waals surface area contributed by atoms with Gasteiger partial charge in [-0.15, -0.1) is 0 Å². The molecule has 0 aromatic heterocycles.